The molecule has 5 heteroatoms. The molecule has 1 aromatic rings. The molecule has 0 atom stereocenters. The second-order valence-electron chi connectivity index (χ2n) is 5.53. The van der Waals surface area contributed by atoms with Crippen LogP contribution in [0.2, 0.25) is 5.02 Å². The molecule has 118 valence electrons. The van der Waals surface area contributed by atoms with Crippen molar-refractivity contribution < 1.29 is 14.2 Å². The van der Waals surface area contributed by atoms with Crippen molar-refractivity contribution in [1.82, 2.24) is 5.32 Å². The van der Waals surface area contributed by atoms with Crippen LogP contribution in [0.25, 0.3) is 0 Å². The molecule has 0 bridgehead atoms. The Morgan fingerprint density at radius 1 is 1.29 bits per heavy atom. The quantitative estimate of drug-likeness (QED) is 0.709. The number of rotatable bonds is 9. The van der Waals surface area contributed by atoms with Crippen molar-refractivity contribution in [2.45, 2.75) is 45.4 Å². The molecule has 4 nitrogen and oxygen atoms in total. The first kappa shape index (κ1) is 16.4. The van der Waals surface area contributed by atoms with E-state index in [1.54, 1.807) is 7.11 Å². The molecule has 0 unspecified atom stereocenters. The maximum Gasteiger partial charge on any atom is 0.179 e. The van der Waals surface area contributed by atoms with Gasteiger partial charge in [0, 0.05) is 12.6 Å². The van der Waals surface area contributed by atoms with Gasteiger partial charge in [-0.05, 0) is 44.4 Å². The second kappa shape index (κ2) is 7.87. The standard InChI is InChI=1S/C16H24ClNO3/c1-11(2)20-6-7-21-16-14(17)8-12(9-15(16)19-3)10-18-13-4-5-13/h8-9,11,13,18H,4-7,10H2,1-3H3. The molecule has 0 aromatic heterocycles. The normalized spacial score (nSPS) is 14.5. The lowest BCUT2D eigenvalue weighted by Gasteiger charge is -2.15. The van der Waals surface area contributed by atoms with Gasteiger partial charge in [0.1, 0.15) is 6.61 Å². The van der Waals surface area contributed by atoms with Gasteiger partial charge >= 0.3 is 0 Å². The summed E-state index contributed by atoms with van der Waals surface area (Å²) in [4.78, 5) is 0. The van der Waals surface area contributed by atoms with Crippen LogP contribution in [0.3, 0.4) is 0 Å². The molecule has 0 amide bonds. The highest BCUT2D eigenvalue weighted by Crippen LogP contribution is 2.36. The van der Waals surface area contributed by atoms with E-state index in [1.165, 1.54) is 12.8 Å². The lowest BCUT2D eigenvalue weighted by atomic mass is 10.2. The van der Waals surface area contributed by atoms with E-state index in [1.807, 2.05) is 26.0 Å². The fourth-order valence-corrected chi connectivity index (χ4v) is 2.28. The number of hydrogen-bond acceptors (Lipinski definition) is 4. The SMILES string of the molecule is COc1cc(CNC2CC2)cc(Cl)c1OCCOC(C)C. The molecular weight excluding hydrogens is 290 g/mol. The first-order chi connectivity index (χ1) is 10.1. The Balaban J connectivity index is 1.95. The number of hydrogen-bond donors (Lipinski definition) is 1. The Morgan fingerprint density at radius 2 is 2.05 bits per heavy atom. The van der Waals surface area contributed by atoms with Gasteiger partial charge in [0.05, 0.1) is 24.8 Å². The van der Waals surface area contributed by atoms with Crippen molar-refractivity contribution in [3.63, 3.8) is 0 Å². The molecule has 1 aromatic carbocycles. The first-order valence-corrected chi connectivity index (χ1v) is 7.82. The molecule has 1 aliphatic carbocycles. The fraction of sp³-hybridized carbons (Fsp3) is 0.625. The van der Waals surface area contributed by atoms with Crippen molar-refractivity contribution in [3.8, 4) is 11.5 Å². The van der Waals surface area contributed by atoms with E-state index in [0.29, 0.717) is 35.8 Å². The van der Waals surface area contributed by atoms with Gasteiger partial charge in [0.25, 0.3) is 0 Å². The first-order valence-electron chi connectivity index (χ1n) is 7.44. The van der Waals surface area contributed by atoms with Crippen LogP contribution in [0.5, 0.6) is 11.5 Å². The van der Waals surface area contributed by atoms with Gasteiger partial charge in [-0.3, -0.25) is 0 Å². The summed E-state index contributed by atoms with van der Waals surface area (Å²) in [5.74, 6) is 1.25. The molecule has 21 heavy (non-hydrogen) atoms. The number of nitrogens with one attached hydrogen (secondary N) is 1. The minimum Gasteiger partial charge on any atom is -0.493 e. The topological polar surface area (TPSA) is 39.7 Å². The molecule has 1 fully saturated rings. The third-order valence-corrected chi connectivity index (χ3v) is 3.52. The number of ether oxygens (including phenoxy) is 3. The molecule has 0 aliphatic heterocycles. The highest BCUT2D eigenvalue weighted by Gasteiger charge is 2.20. The summed E-state index contributed by atoms with van der Waals surface area (Å²) in [7, 11) is 1.63. The van der Waals surface area contributed by atoms with Crippen LogP contribution in [0, 0.1) is 0 Å². The maximum absolute atomic E-state index is 6.31. The van der Waals surface area contributed by atoms with Crippen LogP contribution in [0.15, 0.2) is 12.1 Å². The van der Waals surface area contributed by atoms with Gasteiger partial charge in [-0.25, -0.2) is 0 Å². The zero-order valence-corrected chi connectivity index (χ0v) is 13.7. The number of methoxy groups -OCH3 is 1. The molecule has 1 N–H and O–H groups in total. The summed E-state index contributed by atoms with van der Waals surface area (Å²) in [6, 6.07) is 4.57. The van der Waals surface area contributed by atoms with Crippen LogP contribution in [0.4, 0.5) is 0 Å². The Labute approximate surface area is 131 Å². The highest BCUT2D eigenvalue weighted by molar-refractivity contribution is 6.32. The van der Waals surface area contributed by atoms with Crippen molar-refractivity contribution in [2.75, 3.05) is 20.3 Å². The van der Waals surface area contributed by atoms with Crippen LogP contribution >= 0.6 is 11.6 Å². The van der Waals surface area contributed by atoms with E-state index < -0.39 is 0 Å². The van der Waals surface area contributed by atoms with Gasteiger partial charge in [-0.2, -0.15) is 0 Å². The zero-order chi connectivity index (χ0) is 15.2. The fourth-order valence-electron chi connectivity index (χ4n) is 1.99. The molecule has 1 aliphatic rings. The predicted molar refractivity (Wildman–Crippen MR) is 84.4 cm³/mol. The van der Waals surface area contributed by atoms with Gasteiger partial charge in [-0.1, -0.05) is 11.6 Å². The summed E-state index contributed by atoms with van der Waals surface area (Å²) in [5.41, 5.74) is 1.11. The predicted octanol–water partition coefficient (Wildman–Crippen LogP) is 3.40. The highest BCUT2D eigenvalue weighted by atomic mass is 35.5. The Hall–Kier alpha value is -0.970. The minimum atomic E-state index is 0.196. The van der Waals surface area contributed by atoms with Crippen LogP contribution in [-0.4, -0.2) is 32.5 Å². The maximum atomic E-state index is 6.31. The van der Waals surface area contributed by atoms with Gasteiger partial charge in [0.15, 0.2) is 11.5 Å². The lowest BCUT2D eigenvalue weighted by molar-refractivity contribution is 0.0547. The Bertz CT molecular complexity index is 461. The van der Waals surface area contributed by atoms with E-state index in [-0.39, 0.29) is 6.10 Å². The third kappa shape index (κ3) is 5.38. The monoisotopic (exact) mass is 313 g/mol. The average molecular weight is 314 g/mol. The van der Waals surface area contributed by atoms with Crippen molar-refractivity contribution in [2.24, 2.45) is 0 Å². The third-order valence-electron chi connectivity index (χ3n) is 3.24. The Morgan fingerprint density at radius 3 is 2.67 bits per heavy atom. The summed E-state index contributed by atoms with van der Waals surface area (Å²) in [6.45, 7) is 5.78. The molecule has 0 saturated heterocycles. The van der Waals surface area contributed by atoms with Gasteiger partial charge in [0.2, 0.25) is 0 Å². The number of halogens is 1. The summed E-state index contributed by atoms with van der Waals surface area (Å²) < 4.78 is 16.5. The van der Waals surface area contributed by atoms with Gasteiger partial charge in [-0.15, -0.1) is 0 Å². The van der Waals surface area contributed by atoms with E-state index in [2.05, 4.69) is 5.32 Å². The summed E-state index contributed by atoms with van der Waals surface area (Å²) >= 11 is 6.31. The van der Waals surface area contributed by atoms with Crippen molar-refractivity contribution in [3.05, 3.63) is 22.7 Å². The minimum absolute atomic E-state index is 0.196. The smallest absolute Gasteiger partial charge is 0.179 e. The molecule has 2 rings (SSSR count). The molecule has 0 spiro atoms. The van der Waals surface area contributed by atoms with Crippen molar-refractivity contribution >= 4 is 11.6 Å². The molecular formula is C16H24ClNO3. The second-order valence-corrected chi connectivity index (χ2v) is 5.94. The van der Waals surface area contributed by atoms with Crippen LogP contribution in [-0.2, 0) is 11.3 Å². The largest absolute Gasteiger partial charge is 0.493 e. The number of benzene rings is 1. The summed E-state index contributed by atoms with van der Waals surface area (Å²) in [6.07, 6.45) is 2.73. The Kier molecular flexibility index (Phi) is 6.15. The van der Waals surface area contributed by atoms with Crippen molar-refractivity contribution in [1.29, 1.82) is 0 Å². The zero-order valence-electron chi connectivity index (χ0n) is 12.9. The lowest BCUT2D eigenvalue weighted by Crippen LogP contribution is -2.15. The van der Waals surface area contributed by atoms with Crippen LogP contribution < -0.4 is 14.8 Å². The van der Waals surface area contributed by atoms with E-state index in [9.17, 15) is 0 Å². The summed E-state index contributed by atoms with van der Waals surface area (Å²) in [5, 5.41) is 4.04. The van der Waals surface area contributed by atoms with E-state index in [4.69, 9.17) is 25.8 Å². The molecule has 0 radical (unpaired) electrons. The van der Waals surface area contributed by atoms with E-state index in [0.717, 1.165) is 12.1 Å². The van der Waals surface area contributed by atoms with E-state index >= 15 is 0 Å². The van der Waals surface area contributed by atoms with Gasteiger partial charge < -0.3 is 19.5 Å². The van der Waals surface area contributed by atoms with Crippen LogP contribution in [0.1, 0.15) is 32.3 Å². The average Bonchev–Trinajstić information content (AvgIpc) is 3.26. The molecule has 0 heterocycles. The molecule has 1 saturated carbocycles.